The van der Waals surface area contributed by atoms with Crippen molar-refractivity contribution >= 4 is 16.9 Å². The zero-order valence-corrected chi connectivity index (χ0v) is 12.7. The van der Waals surface area contributed by atoms with Crippen LogP contribution in [-0.4, -0.2) is 22.8 Å². The van der Waals surface area contributed by atoms with Crippen molar-refractivity contribution in [2.24, 2.45) is 7.05 Å². The summed E-state index contributed by atoms with van der Waals surface area (Å²) in [6.45, 7) is 5.94. The number of carbonyl (C=O) groups is 1. The van der Waals surface area contributed by atoms with Gasteiger partial charge < -0.3 is 14.4 Å². The summed E-state index contributed by atoms with van der Waals surface area (Å²) in [5.74, 6) is 0.0338. The average molecular weight is 275 g/mol. The lowest BCUT2D eigenvalue weighted by atomic mass is 9.81. The van der Waals surface area contributed by atoms with E-state index >= 15 is 0 Å². The average Bonchev–Trinajstić information content (AvgIpc) is 2.64. The van der Waals surface area contributed by atoms with Gasteiger partial charge in [0.05, 0.1) is 19.0 Å². The van der Waals surface area contributed by atoms with Crippen molar-refractivity contribution in [3.63, 3.8) is 0 Å². The molecule has 0 fully saturated rings. The Bertz CT molecular complexity index is 668. The molecule has 0 bridgehead atoms. The standard InChI is InChI=1S/C16H21NO3/c1-10-6-11-12(16(2,3)8-14(18)19)9-17(4)15(11)13(7-10)20-5/h6-7,9H,8H2,1-5H3,(H,18,19). The van der Waals surface area contributed by atoms with Gasteiger partial charge in [-0.3, -0.25) is 4.79 Å². The van der Waals surface area contributed by atoms with E-state index in [2.05, 4.69) is 6.07 Å². The number of carboxylic acid groups (broad SMARTS) is 1. The fourth-order valence-electron chi connectivity index (χ4n) is 2.81. The zero-order chi connectivity index (χ0) is 15.1. The second kappa shape index (κ2) is 4.85. The summed E-state index contributed by atoms with van der Waals surface area (Å²) in [4.78, 5) is 11.1. The van der Waals surface area contributed by atoms with Crippen molar-refractivity contribution < 1.29 is 14.6 Å². The third kappa shape index (κ3) is 2.38. The minimum absolute atomic E-state index is 0.0996. The van der Waals surface area contributed by atoms with Gasteiger partial charge in [-0.1, -0.05) is 13.8 Å². The molecule has 0 aliphatic rings. The highest BCUT2D eigenvalue weighted by Gasteiger charge is 2.28. The number of benzene rings is 1. The van der Waals surface area contributed by atoms with E-state index < -0.39 is 11.4 Å². The van der Waals surface area contributed by atoms with Crippen LogP contribution < -0.4 is 4.74 Å². The third-order valence-corrected chi connectivity index (χ3v) is 3.73. The monoisotopic (exact) mass is 275 g/mol. The Kier molecular flexibility index (Phi) is 3.50. The molecule has 4 nitrogen and oxygen atoms in total. The largest absolute Gasteiger partial charge is 0.495 e. The predicted octanol–water partition coefficient (Wildman–Crippen LogP) is 3.25. The van der Waals surface area contributed by atoms with E-state index in [0.717, 1.165) is 27.8 Å². The maximum absolute atomic E-state index is 11.1. The molecular weight excluding hydrogens is 254 g/mol. The molecule has 4 heteroatoms. The van der Waals surface area contributed by atoms with Crippen LogP contribution in [-0.2, 0) is 17.3 Å². The molecule has 0 spiro atoms. The van der Waals surface area contributed by atoms with Crippen LogP contribution in [0.2, 0.25) is 0 Å². The van der Waals surface area contributed by atoms with Gasteiger partial charge in [-0.2, -0.15) is 0 Å². The molecule has 1 aromatic carbocycles. The van der Waals surface area contributed by atoms with Gasteiger partial charge >= 0.3 is 5.97 Å². The number of aryl methyl sites for hydroxylation is 2. The van der Waals surface area contributed by atoms with E-state index in [1.54, 1.807) is 7.11 Å². The van der Waals surface area contributed by atoms with Crippen LogP contribution in [0.1, 0.15) is 31.4 Å². The van der Waals surface area contributed by atoms with E-state index in [0.29, 0.717) is 0 Å². The van der Waals surface area contributed by atoms with Gasteiger partial charge in [0.1, 0.15) is 5.75 Å². The minimum Gasteiger partial charge on any atom is -0.495 e. The summed E-state index contributed by atoms with van der Waals surface area (Å²) >= 11 is 0. The van der Waals surface area contributed by atoms with E-state index in [9.17, 15) is 4.79 Å². The number of methoxy groups -OCH3 is 1. The Hall–Kier alpha value is -1.97. The molecule has 108 valence electrons. The Balaban J connectivity index is 2.73. The summed E-state index contributed by atoms with van der Waals surface area (Å²) in [6.07, 6.45) is 2.11. The topological polar surface area (TPSA) is 51.5 Å². The number of carboxylic acids is 1. The lowest BCUT2D eigenvalue weighted by Crippen LogP contribution is -2.21. The normalized spacial score (nSPS) is 11.8. The molecule has 0 amide bonds. The first-order valence-electron chi connectivity index (χ1n) is 6.62. The third-order valence-electron chi connectivity index (χ3n) is 3.73. The molecule has 0 aliphatic heterocycles. The molecule has 0 saturated carbocycles. The first kappa shape index (κ1) is 14.4. The lowest BCUT2D eigenvalue weighted by molar-refractivity contribution is -0.138. The highest BCUT2D eigenvalue weighted by atomic mass is 16.5. The van der Waals surface area contributed by atoms with Crippen LogP contribution in [0.15, 0.2) is 18.3 Å². The first-order valence-corrected chi connectivity index (χ1v) is 6.62. The molecule has 1 heterocycles. The molecule has 0 saturated heterocycles. The van der Waals surface area contributed by atoms with Crippen LogP contribution in [0, 0.1) is 6.92 Å². The van der Waals surface area contributed by atoms with Crippen LogP contribution in [0.25, 0.3) is 10.9 Å². The molecule has 1 aromatic heterocycles. The quantitative estimate of drug-likeness (QED) is 0.932. The second-order valence-corrected chi connectivity index (χ2v) is 5.97. The molecule has 0 radical (unpaired) electrons. The number of aliphatic carboxylic acids is 1. The van der Waals surface area contributed by atoms with E-state index in [1.165, 1.54) is 0 Å². The minimum atomic E-state index is -0.786. The Morgan fingerprint density at radius 3 is 2.60 bits per heavy atom. The molecular formula is C16H21NO3. The van der Waals surface area contributed by atoms with E-state index in [4.69, 9.17) is 9.84 Å². The first-order chi connectivity index (χ1) is 9.26. The smallest absolute Gasteiger partial charge is 0.304 e. The van der Waals surface area contributed by atoms with E-state index in [-0.39, 0.29) is 6.42 Å². The number of hydrogen-bond acceptors (Lipinski definition) is 2. The predicted molar refractivity (Wildman–Crippen MR) is 79.5 cm³/mol. The summed E-state index contributed by atoms with van der Waals surface area (Å²) in [5.41, 5.74) is 2.73. The summed E-state index contributed by atoms with van der Waals surface area (Å²) in [6, 6.07) is 4.09. The number of ether oxygens (including phenoxy) is 1. The van der Waals surface area contributed by atoms with Gasteiger partial charge in [-0.15, -0.1) is 0 Å². The molecule has 0 aliphatic carbocycles. The fraction of sp³-hybridized carbons (Fsp3) is 0.438. The summed E-state index contributed by atoms with van der Waals surface area (Å²) in [5, 5.41) is 10.2. The van der Waals surface area contributed by atoms with Crippen molar-refractivity contribution in [1.29, 1.82) is 0 Å². The SMILES string of the molecule is COc1cc(C)cc2c(C(C)(C)CC(=O)O)cn(C)c12. The van der Waals surface area contributed by atoms with E-state index in [1.807, 2.05) is 44.6 Å². The van der Waals surface area contributed by atoms with Crippen LogP contribution in [0.3, 0.4) is 0 Å². The van der Waals surface area contributed by atoms with Crippen molar-refractivity contribution in [1.82, 2.24) is 4.57 Å². The number of nitrogens with zero attached hydrogens (tertiary/aromatic N) is 1. The van der Waals surface area contributed by atoms with Crippen molar-refractivity contribution in [3.8, 4) is 5.75 Å². The molecule has 0 unspecified atom stereocenters. The maximum atomic E-state index is 11.1. The molecule has 1 N–H and O–H groups in total. The van der Waals surface area contributed by atoms with Crippen LogP contribution >= 0.6 is 0 Å². The lowest BCUT2D eigenvalue weighted by Gasteiger charge is -2.22. The number of rotatable bonds is 4. The molecule has 20 heavy (non-hydrogen) atoms. The number of aromatic nitrogens is 1. The van der Waals surface area contributed by atoms with Crippen molar-refractivity contribution in [3.05, 3.63) is 29.5 Å². The van der Waals surface area contributed by atoms with Gasteiger partial charge in [0, 0.05) is 24.0 Å². The highest BCUT2D eigenvalue weighted by Crippen LogP contribution is 2.38. The highest BCUT2D eigenvalue weighted by molar-refractivity contribution is 5.91. The van der Waals surface area contributed by atoms with Crippen molar-refractivity contribution in [2.45, 2.75) is 32.6 Å². The van der Waals surface area contributed by atoms with Gasteiger partial charge in [0.15, 0.2) is 0 Å². The van der Waals surface area contributed by atoms with Crippen LogP contribution in [0.5, 0.6) is 5.75 Å². The number of hydrogen-bond donors (Lipinski definition) is 1. The van der Waals surface area contributed by atoms with Gasteiger partial charge in [0.25, 0.3) is 0 Å². The van der Waals surface area contributed by atoms with Gasteiger partial charge in [-0.05, 0) is 30.2 Å². The fourth-order valence-corrected chi connectivity index (χ4v) is 2.81. The Labute approximate surface area is 119 Å². The van der Waals surface area contributed by atoms with Gasteiger partial charge in [0.2, 0.25) is 0 Å². The number of fused-ring (bicyclic) bond motifs is 1. The zero-order valence-electron chi connectivity index (χ0n) is 12.7. The van der Waals surface area contributed by atoms with Crippen molar-refractivity contribution in [2.75, 3.05) is 7.11 Å². The summed E-state index contributed by atoms with van der Waals surface area (Å²) in [7, 11) is 3.61. The molecule has 0 atom stereocenters. The molecule has 2 rings (SSSR count). The maximum Gasteiger partial charge on any atom is 0.304 e. The van der Waals surface area contributed by atoms with Gasteiger partial charge in [-0.25, -0.2) is 0 Å². The Morgan fingerprint density at radius 2 is 2.05 bits per heavy atom. The molecule has 2 aromatic rings. The second-order valence-electron chi connectivity index (χ2n) is 5.97. The van der Waals surface area contributed by atoms with Crippen LogP contribution in [0.4, 0.5) is 0 Å². The Morgan fingerprint density at radius 1 is 1.40 bits per heavy atom. The summed E-state index contributed by atoms with van der Waals surface area (Å²) < 4.78 is 7.47.